The third-order valence-corrected chi connectivity index (χ3v) is 5.09. The molecule has 2 aromatic rings. The van der Waals surface area contributed by atoms with E-state index in [0.717, 1.165) is 43.4 Å². The van der Waals surface area contributed by atoms with Crippen LogP contribution in [0.4, 0.5) is 11.4 Å². The number of carbonyl (C=O) groups excluding carboxylic acids is 1. The molecule has 1 saturated heterocycles. The van der Waals surface area contributed by atoms with E-state index >= 15 is 0 Å². The predicted molar refractivity (Wildman–Crippen MR) is 101 cm³/mol. The van der Waals surface area contributed by atoms with E-state index in [0.29, 0.717) is 12.0 Å². The zero-order chi connectivity index (χ0) is 18.5. The SMILES string of the molecule is O=C(CC[NH+]1CCN(c2ccccc2Cl)CC1)c1ccc([N+](=O)[O-])cc1. The fraction of sp³-hybridized carbons (Fsp3) is 0.316. The Bertz CT molecular complexity index is 787. The molecule has 7 heteroatoms. The molecule has 1 heterocycles. The van der Waals surface area contributed by atoms with Crippen LogP contribution in [-0.4, -0.2) is 43.4 Å². The van der Waals surface area contributed by atoms with Crippen molar-refractivity contribution in [2.45, 2.75) is 6.42 Å². The maximum absolute atomic E-state index is 12.3. The van der Waals surface area contributed by atoms with Crippen LogP contribution in [0.2, 0.25) is 5.02 Å². The summed E-state index contributed by atoms with van der Waals surface area (Å²) in [5, 5.41) is 11.4. The fourth-order valence-electron chi connectivity index (χ4n) is 3.23. The van der Waals surface area contributed by atoms with Gasteiger partial charge in [-0.3, -0.25) is 14.9 Å². The van der Waals surface area contributed by atoms with Crippen molar-refractivity contribution in [3.05, 3.63) is 69.2 Å². The van der Waals surface area contributed by atoms with Gasteiger partial charge in [-0.15, -0.1) is 0 Å². The van der Waals surface area contributed by atoms with E-state index in [1.807, 2.05) is 24.3 Å². The van der Waals surface area contributed by atoms with E-state index in [9.17, 15) is 14.9 Å². The Labute approximate surface area is 157 Å². The summed E-state index contributed by atoms with van der Waals surface area (Å²) in [5.74, 6) is 0.0286. The molecule has 26 heavy (non-hydrogen) atoms. The van der Waals surface area contributed by atoms with Crippen molar-refractivity contribution in [2.75, 3.05) is 37.6 Å². The number of hydrogen-bond donors (Lipinski definition) is 1. The third kappa shape index (κ3) is 4.39. The van der Waals surface area contributed by atoms with Crippen molar-refractivity contribution in [1.29, 1.82) is 0 Å². The van der Waals surface area contributed by atoms with Crippen LogP contribution >= 0.6 is 11.6 Å². The summed E-state index contributed by atoms with van der Waals surface area (Å²) in [5.41, 5.74) is 1.60. The zero-order valence-corrected chi connectivity index (χ0v) is 15.1. The minimum absolute atomic E-state index is 0.00266. The molecular weight excluding hydrogens is 354 g/mol. The molecule has 0 aromatic heterocycles. The topological polar surface area (TPSA) is 67.9 Å². The van der Waals surface area contributed by atoms with Crippen LogP contribution in [0.15, 0.2) is 48.5 Å². The highest BCUT2D eigenvalue weighted by atomic mass is 35.5. The molecule has 0 aliphatic carbocycles. The van der Waals surface area contributed by atoms with Gasteiger partial charge in [-0.25, -0.2) is 0 Å². The van der Waals surface area contributed by atoms with Crippen LogP contribution in [0.25, 0.3) is 0 Å². The lowest BCUT2D eigenvalue weighted by atomic mass is 10.1. The highest BCUT2D eigenvalue weighted by Crippen LogP contribution is 2.24. The van der Waals surface area contributed by atoms with Gasteiger partial charge in [-0.2, -0.15) is 0 Å². The summed E-state index contributed by atoms with van der Waals surface area (Å²) in [6, 6.07) is 13.7. The number of nitro groups is 1. The van der Waals surface area contributed by atoms with Gasteiger partial charge in [-0.1, -0.05) is 23.7 Å². The second-order valence-electron chi connectivity index (χ2n) is 6.42. The standard InChI is InChI=1S/C19H20ClN3O3/c20-17-3-1-2-4-18(17)22-13-11-21(12-14-22)10-9-19(24)15-5-7-16(8-6-15)23(25)26/h1-8H,9-14H2/p+1. The molecule has 1 aliphatic heterocycles. The Morgan fingerprint density at radius 3 is 2.38 bits per heavy atom. The molecule has 0 spiro atoms. The Kier molecular flexibility index (Phi) is 5.85. The summed E-state index contributed by atoms with van der Waals surface area (Å²) < 4.78 is 0. The van der Waals surface area contributed by atoms with E-state index in [4.69, 9.17) is 11.6 Å². The molecule has 0 radical (unpaired) electrons. The number of carbonyl (C=O) groups is 1. The average molecular weight is 375 g/mol. The number of nitro benzene ring substituents is 1. The zero-order valence-electron chi connectivity index (χ0n) is 14.4. The summed E-state index contributed by atoms with van der Waals surface area (Å²) in [4.78, 5) is 26.2. The van der Waals surface area contributed by atoms with E-state index < -0.39 is 4.92 Å². The lowest BCUT2D eigenvalue weighted by Gasteiger charge is -2.34. The predicted octanol–water partition coefficient (Wildman–Crippen LogP) is 2.23. The van der Waals surface area contributed by atoms with E-state index in [1.165, 1.54) is 29.2 Å². The maximum Gasteiger partial charge on any atom is 0.269 e. The van der Waals surface area contributed by atoms with Crippen LogP contribution in [0.5, 0.6) is 0 Å². The monoisotopic (exact) mass is 374 g/mol. The fourth-order valence-corrected chi connectivity index (χ4v) is 3.48. The quantitative estimate of drug-likeness (QED) is 0.478. The van der Waals surface area contributed by atoms with Crippen LogP contribution in [0, 0.1) is 10.1 Å². The molecule has 2 aromatic carbocycles. The first kappa shape index (κ1) is 18.4. The normalized spacial score (nSPS) is 15.0. The van der Waals surface area contributed by atoms with Gasteiger partial charge in [0.15, 0.2) is 5.78 Å². The number of Topliss-reactive ketones (excluding diaryl/α,β-unsaturated/α-hetero) is 1. The molecule has 136 valence electrons. The number of para-hydroxylation sites is 1. The number of halogens is 1. The number of non-ortho nitro benzene ring substituents is 1. The van der Waals surface area contributed by atoms with Gasteiger partial charge in [0.05, 0.1) is 54.8 Å². The maximum atomic E-state index is 12.3. The molecule has 0 bridgehead atoms. The molecule has 0 saturated carbocycles. The Morgan fingerprint density at radius 2 is 1.77 bits per heavy atom. The number of ketones is 1. The van der Waals surface area contributed by atoms with Crippen molar-refractivity contribution in [1.82, 2.24) is 0 Å². The van der Waals surface area contributed by atoms with Crippen molar-refractivity contribution in [3.8, 4) is 0 Å². The van der Waals surface area contributed by atoms with Crippen molar-refractivity contribution in [3.63, 3.8) is 0 Å². The number of rotatable bonds is 6. The Hall–Kier alpha value is -2.44. The molecule has 0 unspecified atom stereocenters. The molecule has 1 N–H and O–H groups in total. The van der Waals surface area contributed by atoms with Gasteiger partial charge in [0.2, 0.25) is 0 Å². The first-order chi connectivity index (χ1) is 12.5. The highest BCUT2D eigenvalue weighted by molar-refractivity contribution is 6.33. The second kappa shape index (κ2) is 8.29. The van der Waals surface area contributed by atoms with E-state index in [-0.39, 0.29) is 11.5 Å². The molecule has 1 fully saturated rings. The summed E-state index contributed by atoms with van der Waals surface area (Å²) >= 11 is 6.26. The number of nitrogens with zero attached hydrogens (tertiary/aromatic N) is 2. The van der Waals surface area contributed by atoms with Gasteiger partial charge < -0.3 is 9.80 Å². The minimum atomic E-state index is -0.461. The second-order valence-corrected chi connectivity index (χ2v) is 6.82. The molecular formula is C19H21ClN3O3+. The van der Waals surface area contributed by atoms with Gasteiger partial charge >= 0.3 is 0 Å². The minimum Gasteiger partial charge on any atom is -0.359 e. The summed E-state index contributed by atoms with van der Waals surface area (Å²) in [6.07, 6.45) is 0.444. The largest absolute Gasteiger partial charge is 0.359 e. The van der Waals surface area contributed by atoms with Crippen LogP contribution in [0.1, 0.15) is 16.8 Å². The van der Waals surface area contributed by atoms with Gasteiger partial charge in [0, 0.05) is 17.7 Å². The number of hydrogen-bond acceptors (Lipinski definition) is 4. The Morgan fingerprint density at radius 1 is 1.12 bits per heavy atom. The van der Waals surface area contributed by atoms with Gasteiger partial charge in [0.25, 0.3) is 5.69 Å². The summed E-state index contributed by atoms with van der Waals surface area (Å²) in [6.45, 7) is 4.50. The van der Waals surface area contributed by atoms with Crippen LogP contribution < -0.4 is 9.80 Å². The number of quaternary nitrogens is 1. The van der Waals surface area contributed by atoms with Crippen LogP contribution in [-0.2, 0) is 0 Å². The first-order valence-corrected chi connectivity index (χ1v) is 9.03. The highest BCUT2D eigenvalue weighted by Gasteiger charge is 2.22. The smallest absolute Gasteiger partial charge is 0.269 e. The number of benzene rings is 2. The lowest BCUT2D eigenvalue weighted by molar-refractivity contribution is -0.899. The van der Waals surface area contributed by atoms with E-state index in [1.54, 1.807) is 0 Å². The van der Waals surface area contributed by atoms with Gasteiger partial charge in [0.1, 0.15) is 0 Å². The molecule has 6 nitrogen and oxygen atoms in total. The average Bonchev–Trinajstić information content (AvgIpc) is 2.67. The molecule has 3 rings (SSSR count). The third-order valence-electron chi connectivity index (χ3n) is 4.77. The number of anilines is 1. The van der Waals surface area contributed by atoms with Crippen molar-refractivity contribution >= 4 is 28.8 Å². The van der Waals surface area contributed by atoms with Crippen molar-refractivity contribution in [2.24, 2.45) is 0 Å². The van der Waals surface area contributed by atoms with E-state index in [2.05, 4.69) is 4.90 Å². The lowest BCUT2D eigenvalue weighted by Crippen LogP contribution is -3.15. The Balaban J connectivity index is 1.48. The van der Waals surface area contributed by atoms with Crippen LogP contribution in [0.3, 0.4) is 0 Å². The molecule has 0 amide bonds. The first-order valence-electron chi connectivity index (χ1n) is 8.65. The number of piperazine rings is 1. The molecule has 0 atom stereocenters. The summed E-state index contributed by atoms with van der Waals surface area (Å²) in [7, 11) is 0. The van der Waals surface area contributed by atoms with Gasteiger partial charge in [-0.05, 0) is 24.3 Å². The molecule has 1 aliphatic rings. The van der Waals surface area contributed by atoms with Crippen molar-refractivity contribution < 1.29 is 14.6 Å². The number of nitrogens with one attached hydrogen (secondary N) is 1.